The summed E-state index contributed by atoms with van der Waals surface area (Å²) in [6.07, 6.45) is 8.40. The van der Waals surface area contributed by atoms with Gasteiger partial charge in [0.05, 0.1) is 18.6 Å². The number of esters is 1. The van der Waals surface area contributed by atoms with Crippen LogP contribution in [0.5, 0.6) is 0 Å². The molecule has 3 nitrogen and oxygen atoms in total. The molecule has 1 atom stereocenters. The number of ether oxygens (including phenoxy) is 1. The third-order valence-corrected chi connectivity index (χ3v) is 5.97. The molecule has 0 amide bonds. The van der Waals surface area contributed by atoms with Gasteiger partial charge in [0.15, 0.2) is 0 Å². The van der Waals surface area contributed by atoms with Gasteiger partial charge in [0.2, 0.25) is 0 Å². The van der Waals surface area contributed by atoms with Crippen molar-refractivity contribution in [3.05, 3.63) is 58.8 Å². The Bertz CT molecular complexity index is 796. The van der Waals surface area contributed by atoms with Crippen LogP contribution in [0.2, 0.25) is 0 Å². The maximum absolute atomic E-state index is 12.9. The molecule has 0 bridgehead atoms. The number of carbonyl (C=O) groups excluding carboxylic acids is 1. The molecule has 1 aliphatic carbocycles. The van der Waals surface area contributed by atoms with Crippen LogP contribution < -0.4 is 0 Å². The topological polar surface area (TPSA) is 29.5 Å². The smallest absolute Gasteiger partial charge is 0.416 e. The number of benzene rings is 1. The summed E-state index contributed by atoms with van der Waals surface area (Å²) in [6.45, 7) is 3.39. The minimum absolute atomic E-state index is 0.139. The molecule has 1 aromatic carbocycles. The second-order valence-corrected chi connectivity index (χ2v) is 8.54. The van der Waals surface area contributed by atoms with Crippen LogP contribution in [-0.4, -0.2) is 24.0 Å². The lowest BCUT2D eigenvalue weighted by molar-refractivity contribution is -0.144. The van der Waals surface area contributed by atoms with Crippen LogP contribution in [0.15, 0.2) is 47.7 Å². The van der Waals surface area contributed by atoms with Crippen molar-refractivity contribution in [1.29, 1.82) is 0 Å². The Morgan fingerprint density at radius 2 is 1.84 bits per heavy atom. The van der Waals surface area contributed by atoms with E-state index >= 15 is 0 Å². The molecule has 1 heterocycles. The molecule has 1 unspecified atom stereocenters. The zero-order chi connectivity index (χ0) is 22.3. The van der Waals surface area contributed by atoms with E-state index in [9.17, 15) is 18.0 Å². The predicted molar refractivity (Wildman–Crippen MR) is 115 cm³/mol. The highest BCUT2D eigenvalue weighted by Crippen LogP contribution is 2.33. The lowest BCUT2D eigenvalue weighted by atomic mass is 9.85. The number of nitrogens with zero attached hydrogens (tertiary/aromatic N) is 1. The summed E-state index contributed by atoms with van der Waals surface area (Å²) in [5, 5.41) is 0. The number of rotatable bonds is 6. The van der Waals surface area contributed by atoms with Crippen LogP contribution in [0.25, 0.3) is 0 Å². The maximum atomic E-state index is 12.9. The van der Waals surface area contributed by atoms with Crippen LogP contribution in [0.3, 0.4) is 0 Å². The van der Waals surface area contributed by atoms with E-state index in [4.69, 9.17) is 4.74 Å². The molecular formula is C25H32F3NO2. The minimum Gasteiger partial charge on any atom is -0.466 e. The molecule has 0 saturated carbocycles. The van der Waals surface area contributed by atoms with Crippen molar-refractivity contribution in [2.45, 2.75) is 71.0 Å². The molecule has 6 heteroatoms. The van der Waals surface area contributed by atoms with E-state index in [0.29, 0.717) is 26.1 Å². The Balaban J connectivity index is 1.77. The van der Waals surface area contributed by atoms with Crippen molar-refractivity contribution in [2.75, 3.05) is 13.2 Å². The van der Waals surface area contributed by atoms with E-state index < -0.39 is 11.7 Å². The van der Waals surface area contributed by atoms with E-state index in [1.54, 1.807) is 19.1 Å². The van der Waals surface area contributed by atoms with Crippen molar-refractivity contribution in [3.63, 3.8) is 0 Å². The first-order valence-corrected chi connectivity index (χ1v) is 11.3. The quantitative estimate of drug-likeness (QED) is 0.469. The van der Waals surface area contributed by atoms with E-state index in [1.807, 2.05) is 0 Å². The van der Waals surface area contributed by atoms with Crippen molar-refractivity contribution in [3.8, 4) is 0 Å². The summed E-state index contributed by atoms with van der Waals surface area (Å²) in [5.74, 6) is -0.0466. The van der Waals surface area contributed by atoms with Gasteiger partial charge in [-0.3, -0.25) is 4.79 Å². The van der Waals surface area contributed by atoms with Gasteiger partial charge >= 0.3 is 12.1 Å². The van der Waals surface area contributed by atoms with Gasteiger partial charge in [-0.05, 0) is 73.8 Å². The Labute approximate surface area is 183 Å². The van der Waals surface area contributed by atoms with Crippen molar-refractivity contribution >= 4 is 5.97 Å². The van der Waals surface area contributed by atoms with Gasteiger partial charge in [-0.25, -0.2) is 0 Å². The van der Waals surface area contributed by atoms with Crippen molar-refractivity contribution in [2.24, 2.45) is 5.92 Å². The molecule has 2 aliphatic rings. The van der Waals surface area contributed by atoms with Gasteiger partial charge < -0.3 is 9.64 Å². The van der Waals surface area contributed by atoms with Crippen molar-refractivity contribution < 1.29 is 22.7 Å². The number of alkyl halides is 3. The fraction of sp³-hybridized carbons (Fsp3) is 0.560. The maximum Gasteiger partial charge on any atom is 0.416 e. The molecule has 0 aromatic heterocycles. The average Bonchev–Trinajstić information content (AvgIpc) is 2.67. The third kappa shape index (κ3) is 7.15. The first-order valence-electron chi connectivity index (χ1n) is 11.3. The zero-order valence-electron chi connectivity index (χ0n) is 18.2. The standard InChI is InChI=1S/C25H32F3NO2/c1-2-31-24(30)15-20-14-22(21-8-6-4-3-5-7-9-21)18-29(17-20)16-19-10-12-23(13-11-19)25(26,27)28/h8,10-13,18,20H,2-7,9,14-17H2,1H3/b21-8+. The molecular weight excluding hydrogens is 403 g/mol. The van der Waals surface area contributed by atoms with E-state index in [2.05, 4.69) is 17.2 Å². The average molecular weight is 436 g/mol. The van der Waals surface area contributed by atoms with Gasteiger partial charge in [0.1, 0.15) is 0 Å². The number of halogens is 3. The Morgan fingerprint density at radius 3 is 2.55 bits per heavy atom. The Kier molecular flexibility index (Phi) is 8.22. The molecule has 31 heavy (non-hydrogen) atoms. The SMILES string of the molecule is CCOC(=O)CC1CC(/C2=C/CCCCCC2)=CN(Cc2ccc(C(F)(F)F)cc2)C1. The van der Waals surface area contributed by atoms with E-state index in [-0.39, 0.29) is 11.9 Å². The highest BCUT2D eigenvalue weighted by atomic mass is 19.4. The lowest BCUT2D eigenvalue weighted by Gasteiger charge is -2.34. The molecule has 170 valence electrons. The summed E-state index contributed by atoms with van der Waals surface area (Å²) in [6, 6.07) is 5.36. The second-order valence-electron chi connectivity index (χ2n) is 8.54. The fourth-order valence-corrected chi connectivity index (χ4v) is 4.47. The number of allylic oxidation sites excluding steroid dienone is 3. The number of hydrogen-bond acceptors (Lipinski definition) is 3. The van der Waals surface area contributed by atoms with Gasteiger partial charge in [-0.2, -0.15) is 13.2 Å². The molecule has 3 rings (SSSR count). The summed E-state index contributed by atoms with van der Waals surface area (Å²) < 4.78 is 43.8. The monoisotopic (exact) mass is 435 g/mol. The van der Waals surface area contributed by atoms with E-state index in [0.717, 1.165) is 37.0 Å². The lowest BCUT2D eigenvalue weighted by Crippen LogP contribution is -2.31. The Hall–Kier alpha value is -2.24. The van der Waals surface area contributed by atoms with Crippen LogP contribution >= 0.6 is 0 Å². The molecule has 0 radical (unpaired) electrons. The van der Waals surface area contributed by atoms with Crippen LogP contribution in [0.1, 0.15) is 69.4 Å². The molecule has 0 N–H and O–H groups in total. The number of hydrogen-bond donors (Lipinski definition) is 0. The third-order valence-electron chi connectivity index (χ3n) is 5.97. The van der Waals surface area contributed by atoms with Crippen LogP contribution in [0, 0.1) is 5.92 Å². The fourth-order valence-electron chi connectivity index (χ4n) is 4.47. The molecule has 0 saturated heterocycles. The second kappa shape index (κ2) is 10.9. The zero-order valence-corrected chi connectivity index (χ0v) is 18.2. The normalized spacial score (nSPS) is 22.1. The van der Waals surface area contributed by atoms with E-state index in [1.165, 1.54) is 36.8 Å². The summed E-state index contributed by atoms with van der Waals surface area (Å²) in [5.41, 5.74) is 2.82. The van der Waals surface area contributed by atoms with Crippen molar-refractivity contribution in [1.82, 2.24) is 4.90 Å². The molecule has 0 fully saturated rings. The highest BCUT2D eigenvalue weighted by Gasteiger charge is 2.30. The van der Waals surface area contributed by atoms with Gasteiger partial charge in [-0.1, -0.05) is 31.1 Å². The minimum atomic E-state index is -4.33. The largest absolute Gasteiger partial charge is 0.466 e. The molecule has 1 aliphatic heterocycles. The predicted octanol–water partition coefficient (Wildman–Crippen LogP) is 6.65. The summed E-state index contributed by atoms with van der Waals surface area (Å²) >= 11 is 0. The molecule has 1 aromatic rings. The number of carbonyl (C=O) groups is 1. The first-order chi connectivity index (χ1) is 14.8. The summed E-state index contributed by atoms with van der Waals surface area (Å²) in [4.78, 5) is 14.3. The van der Waals surface area contributed by atoms with Crippen LogP contribution in [-0.2, 0) is 22.3 Å². The van der Waals surface area contributed by atoms with Gasteiger partial charge in [0.25, 0.3) is 0 Å². The van der Waals surface area contributed by atoms with Crippen LogP contribution in [0.4, 0.5) is 13.2 Å². The van der Waals surface area contributed by atoms with Gasteiger partial charge in [-0.15, -0.1) is 0 Å². The highest BCUT2D eigenvalue weighted by molar-refractivity contribution is 5.69. The molecule has 0 spiro atoms. The summed E-state index contributed by atoms with van der Waals surface area (Å²) in [7, 11) is 0. The first kappa shape index (κ1) is 23.4. The Morgan fingerprint density at radius 1 is 1.10 bits per heavy atom. The van der Waals surface area contributed by atoms with Gasteiger partial charge in [0, 0.05) is 19.3 Å².